The second kappa shape index (κ2) is 3.92. The Morgan fingerprint density at radius 3 is 2.57 bits per heavy atom. The highest BCUT2D eigenvalue weighted by Crippen LogP contribution is 2.54. The molecule has 1 aliphatic heterocycles. The van der Waals surface area contributed by atoms with Crippen LogP contribution in [-0.4, -0.2) is 12.3 Å². The third-order valence-corrected chi connectivity index (χ3v) is 5.58. The van der Waals surface area contributed by atoms with Crippen LogP contribution in [0.2, 0.25) is 0 Å². The summed E-state index contributed by atoms with van der Waals surface area (Å²) in [6.07, 6.45) is 3.83. The molecule has 0 fully saturated rings. The Bertz CT molecular complexity index is 397. The molecule has 0 saturated carbocycles. The molecule has 0 aromatic heterocycles. The molecule has 14 heavy (non-hydrogen) atoms. The van der Waals surface area contributed by atoms with Crippen molar-refractivity contribution < 1.29 is 4.57 Å². The second-order valence-corrected chi connectivity index (χ2v) is 7.29. The van der Waals surface area contributed by atoms with Crippen LogP contribution in [0.4, 0.5) is 0 Å². The van der Waals surface area contributed by atoms with Crippen molar-refractivity contribution in [3.8, 4) is 0 Å². The molecule has 1 unspecified atom stereocenters. The smallest absolute Gasteiger partial charge is 0.101 e. The first-order chi connectivity index (χ1) is 6.68. The summed E-state index contributed by atoms with van der Waals surface area (Å²) in [6, 6.07) is 9.97. The minimum Gasteiger partial charge on any atom is -0.323 e. The van der Waals surface area contributed by atoms with Crippen molar-refractivity contribution >= 4 is 18.7 Å². The molecule has 0 bridgehead atoms. The first-order valence-electron chi connectivity index (χ1n) is 4.63. The van der Waals surface area contributed by atoms with Gasteiger partial charge in [-0.15, -0.1) is 0 Å². The van der Waals surface area contributed by atoms with Crippen LogP contribution in [0.1, 0.15) is 5.56 Å². The van der Waals surface area contributed by atoms with Crippen LogP contribution in [0.3, 0.4) is 0 Å². The second-order valence-electron chi connectivity index (χ2n) is 3.69. The number of allylic oxidation sites excluding steroid dienone is 2. The van der Waals surface area contributed by atoms with E-state index in [-0.39, 0.29) is 0 Å². The molecule has 1 atom stereocenters. The zero-order valence-electron chi connectivity index (χ0n) is 7.82. The maximum atomic E-state index is 12.3. The van der Waals surface area contributed by atoms with Crippen molar-refractivity contribution in [2.45, 2.75) is 6.16 Å². The fraction of sp³-hybridized carbons (Fsp3) is 0.273. The Balaban J connectivity index is 2.10. The molecule has 1 heterocycles. The summed E-state index contributed by atoms with van der Waals surface area (Å²) in [5.74, 6) is 0. The van der Waals surface area contributed by atoms with Crippen LogP contribution in [0.5, 0.6) is 0 Å². The predicted molar refractivity (Wildman–Crippen MR) is 61.4 cm³/mol. The quantitative estimate of drug-likeness (QED) is 0.703. The van der Waals surface area contributed by atoms with Gasteiger partial charge in [-0.1, -0.05) is 48.0 Å². The molecule has 0 N–H and O–H groups in total. The van der Waals surface area contributed by atoms with Crippen molar-refractivity contribution in [3.63, 3.8) is 0 Å². The highest BCUT2D eigenvalue weighted by atomic mass is 35.5. The van der Waals surface area contributed by atoms with Gasteiger partial charge in [-0.2, -0.15) is 0 Å². The van der Waals surface area contributed by atoms with Crippen LogP contribution >= 0.6 is 18.7 Å². The Morgan fingerprint density at radius 1 is 1.29 bits per heavy atom. The molecule has 74 valence electrons. The van der Waals surface area contributed by atoms with E-state index in [4.69, 9.17) is 11.6 Å². The first kappa shape index (κ1) is 10.0. The monoisotopic (exact) mass is 226 g/mol. The lowest BCUT2D eigenvalue weighted by atomic mass is 10.2. The van der Waals surface area contributed by atoms with Gasteiger partial charge in [0.25, 0.3) is 0 Å². The lowest BCUT2D eigenvalue weighted by Gasteiger charge is -2.10. The maximum Gasteiger partial charge on any atom is 0.101 e. The summed E-state index contributed by atoms with van der Waals surface area (Å²) in [7, 11) is -2.07. The molecule has 0 amide bonds. The predicted octanol–water partition coefficient (Wildman–Crippen LogP) is 3.69. The van der Waals surface area contributed by atoms with Gasteiger partial charge in [-0.05, 0) is 5.56 Å². The first-order valence-corrected chi connectivity index (χ1v) is 7.28. The van der Waals surface area contributed by atoms with Crippen molar-refractivity contribution in [3.05, 3.63) is 47.0 Å². The summed E-state index contributed by atoms with van der Waals surface area (Å²) >= 11 is 5.85. The molecule has 0 aliphatic carbocycles. The Kier molecular flexibility index (Phi) is 2.80. The topological polar surface area (TPSA) is 17.1 Å². The van der Waals surface area contributed by atoms with Crippen molar-refractivity contribution in [2.75, 3.05) is 12.3 Å². The van der Waals surface area contributed by atoms with Crippen LogP contribution in [0, 0.1) is 0 Å². The van der Waals surface area contributed by atoms with E-state index < -0.39 is 7.14 Å². The van der Waals surface area contributed by atoms with Gasteiger partial charge in [0.2, 0.25) is 0 Å². The number of halogens is 1. The van der Waals surface area contributed by atoms with Gasteiger partial charge >= 0.3 is 0 Å². The van der Waals surface area contributed by atoms with E-state index in [1.165, 1.54) is 0 Å². The molecule has 1 aromatic carbocycles. The molecule has 2 rings (SSSR count). The molecule has 0 spiro atoms. The summed E-state index contributed by atoms with van der Waals surface area (Å²) in [6.45, 7) is 0. The number of benzene rings is 1. The van der Waals surface area contributed by atoms with E-state index >= 15 is 0 Å². The number of hydrogen-bond donors (Lipinski definition) is 0. The number of rotatable bonds is 2. The average molecular weight is 227 g/mol. The Hall–Kier alpha value is -0.520. The van der Waals surface area contributed by atoms with Crippen LogP contribution in [-0.2, 0) is 10.7 Å². The summed E-state index contributed by atoms with van der Waals surface area (Å²) in [4.78, 5) is 0. The molecule has 1 aliphatic rings. The van der Waals surface area contributed by atoms with Gasteiger partial charge in [-0.25, -0.2) is 0 Å². The lowest BCUT2D eigenvalue weighted by molar-refractivity contribution is 0.579. The maximum absolute atomic E-state index is 12.3. The van der Waals surface area contributed by atoms with E-state index in [1.54, 1.807) is 0 Å². The number of hydrogen-bond acceptors (Lipinski definition) is 1. The Labute approximate surface area is 89.2 Å². The van der Waals surface area contributed by atoms with Crippen LogP contribution < -0.4 is 0 Å². The van der Waals surface area contributed by atoms with Crippen LogP contribution in [0.25, 0.3) is 0 Å². The molecular formula is C11H12ClOP. The van der Waals surface area contributed by atoms with E-state index in [1.807, 2.05) is 36.4 Å². The normalized spacial score (nSPS) is 26.2. The highest BCUT2D eigenvalue weighted by molar-refractivity contribution is 7.64. The van der Waals surface area contributed by atoms with Gasteiger partial charge in [0.15, 0.2) is 0 Å². The fourth-order valence-electron chi connectivity index (χ4n) is 1.71. The van der Waals surface area contributed by atoms with Crippen molar-refractivity contribution in [1.82, 2.24) is 0 Å². The molecular weight excluding hydrogens is 215 g/mol. The lowest BCUT2D eigenvalue weighted by Crippen LogP contribution is -1.91. The van der Waals surface area contributed by atoms with Crippen molar-refractivity contribution in [2.24, 2.45) is 0 Å². The van der Waals surface area contributed by atoms with E-state index in [0.29, 0.717) is 18.5 Å². The minimum absolute atomic E-state index is 0.587. The summed E-state index contributed by atoms with van der Waals surface area (Å²) in [5, 5.41) is 0.768. The van der Waals surface area contributed by atoms with E-state index in [0.717, 1.165) is 10.6 Å². The molecule has 1 nitrogen and oxygen atoms in total. The van der Waals surface area contributed by atoms with Crippen molar-refractivity contribution in [1.29, 1.82) is 0 Å². The van der Waals surface area contributed by atoms with Gasteiger partial charge in [0.1, 0.15) is 7.14 Å². The third kappa shape index (κ3) is 2.29. The largest absolute Gasteiger partial charge is 0.323 e. The molecule has 0 saturated heterocycles. The van der Waals surface area contributed by atoms with E-state index in [9.17, 15) is 4.57 Å². The van der Waals surface area contributed by atoms with Gasteiger partial charge in [-0.3, -0.25) is 0 Å². The summed E-state index contributed by atoms with van der Waals surface area (Å²) < 4.78 is 12.3. The summed E-state index contributed by atoms with van der Waals surface area (Å²) in [5.41, 5.74) is 1.15. The fourth-order valence-corrected chi connectivity index (χ4v) is 5.02. The molecule has 1 aromatic rings. The third-order valence-electron chi connectivity index (χ3n) is 2.40. The standard InChI is InChI=1S/C11H12ClOP/c12-11-6-7-14(13,9-11)8-10-4-2-1-3-5-10/h1-6H,7-9H2. The van der Waals surface area contributed by atoms with Gasteiger partial charge in [0.05, 0.1) is 0 Å². The molecule has 0 radical (unpaired) electrons. The van der Waals surface area contributed by atoms with Crippen LogP contribution in [0.15, 0.2) is 41.4 Å². The highest BCUT2D eigenvalue weighted by Gasteiger charge is 2.27. The zero-order valence-corrected chi connectivity index (χ0v) is 9.47. The minimum atomic E-state index is -2.07. The molecule has 3 heteroatoms. The van der Waals surface area contributed by atoms with E-state index in [2.05, 4.69) is 0 Å². The average Bonchev–Trinajstić information content (AvgIpc) is 2.47. The zero-order chi connectivity index (χ0) is 10.0. The SMILES string of the molecule is O=P1(Cc2ccccc2)CC=C(Cl)C1. The van der Waals surface area contributed by atoms with Gasteiger partial charge in [0, 0.05) is 23.5 Å². The Morgan fingerprint density at radius 2 is 2.00 bits per heavy atom. The van der Waals surface area contributed by atoms with Gasteiger partial charge < -0.3 is 4.57 Å².